The summed E-state index contributed by atoms with van der Waals surface area (Å²) in [6.45, 7) is 14.3. The van der Waals surface area contributed by atoms with Crippen LogP contribution in [0.5, 0.6) is 5.75 Å². The third kappa shape index (κ3) is 6.11. The number of carboxylic acid groups (broad SMARTS) is 1. The molecule has 0 saturated carbocycles. The number of benzene rings is 3. The van der Waals surface area contributed by atoms with Gasteiger partial charge in [-0.2, -0.15) is 0 Å². The van der Waals surface area contributed by atoms with Gasteiger partial charge in [-0.15, -0.1) is 0 Å². The van der Waals surface area contributed by atoms with E-state index in [-0.39, 0.29) is 6.04 Å². The number of rotatable bonds is 11. The van der Waals surface area contributed by atoms with Gasteiger partial charge in [-0.3, -0.25) is 0 Å². The predicted molar refractivity (Wildman–Crippen MR) is 155 cm³/mol. The van der Waals surface area contributed by atoms with Crippen molar-refractivity contribution < 1.29 is 14.6 Å². The van der Waals surface area contributed by atoms with Gasteiger partial charge in [0.15, 0.2) is 6.10 Å². The van der Waals surface area contributed by atoms with Crippen molar-refractivity contribution in [2.45, 2.75) is 79.1 Å². The number of hydrogen-bond acceptors (Lipinski definition) is 3. The van der Waals surface area contributed by atoms with Gasteiger partial charge >= 0.3 is 5.97 Å². The zero-order chi connectivity index (χ0) is 27.4. The van der Waals surface area contributed by atoms with Gasteiger partial charge in [-0.1, -0.05) is 63.2 Å². The maximum absolute atomic E-state index is 11.4. The molecule has 0 aliphatic heterocycles. The lowest BCUT2D eigenvalue weighted by molar-refractivity contribution is -0.145. The van der Waals surface area contributed by atoms with Crippen molar-refractivity contribution in [1.82, 2.24) is 9.88 Å². The molecule has 5 heteroatoms. The molecule has 0 saturated heterocycles. The molecule has 3 aromatic carbocycles. The van der Waals surface area contributed by atoms with Crippen molar-refractivity contribution in [3.05, 3.63) is 100 Å². The van der Waals surface area contributed by atoms with Gasteiger partial charge in [-0.25, -0.2) is 4.79 Å². The third-order valence-electron chi connectivity index (χ3n) is 7.56. The van der Waals surface area contributed by atoms with Crippen molar-refractivity contribution in [3.8, 4) is 5.75 Å². The largest absolute Gasteiger partial charge is 0.479 e. The van der Waals surface area contributed by atoms with E-state index in [2.05, 4.69) is 93.0 Å². The Balaban J connectivity index is 1.51. The normalized spacial score (nSPS) is 13.1. The first-order valence-corrected chi connectivity index (χ1v) is 13.6. The van der Waals surface area contributed by atoms with E-state index in [1.54, 1.807) is 0 Å². The third-order valence-corrected chi connectivity index (χ3v) is 7.56. The van der Waals surface area contributed by atoms with Crippen molar-refractivity contribution in [2.24, 2.45) is 0 Å². The lowest BCUT2D eigenvalue weighted by Gasteiger charge is -2.17. The SMILES string of the molecule is CCC(Oc1cccc(Cn2c(C)c(C)c3cc(CNC(C)c4cccc(C(C)C)c4)ccc32)c1)C(=O)O. The minimum Gasteiger partial charge on any atom is -0.479 e. The first kappa shape index (κ1) is 27.5. The van der Waals surface area contributed by atoms with Crippen LogP contribution in [0.4, 0.5) is 0 Å². The number of carbonyl (C=O) groups is 1. The van der Waals surface area contributed by atoms with E-state index in [1.807, 2.05) is 25.1 Å². The number of hydrogen-bond donors (Lipinski definition) is 2. The lowest BCUT2D eigenvalue weighted by atomic mass is 9.98. The Labute approximate surface area is 226 Å². The van der Waals surface area contributed by atoms with E-state index in [0.717, 1.165) is 12.1 Å². The van der Waals surface area contributed by atoms with Gasteiger partial charge in [0, 0.05) is 35.7 Å². The van der Waals surface area contributed by atoms with Crippen LogP contribution in [0.1, 0.15) is 79.6 Å². The molecule has 0 fully saturated rings. The summed E-state index contributed by atoms with van der Waals surface area (Å²) >= 11 is 0. The Hall–Kier alpha value is -3.57. The molecule has 200 valence electrons. The molecule has 2 atom stereocenters. The Morgan fingerprint density at radius 1 is 0.947 bits per heavy atom. The zero-order valence-electron chi connectivity index (χ0n) is 23.4. The van der Waals surface area contributed by atoms with Crippen molar-refractivity contribution in [2.75, 3.05) is 0 Å². The van der Waals surface area contributed by atoms with Crippen molar-refractivity contribution in [1.29, 1.82) is 0 Å². The Morgan fingerprint density at radius 2 is 1.68 bits per heavy atom. The standard InChI is InChI=1S/C33H40N2O3/c1-7-32(33(36)37)38-29-13-8-10-26(16-29)20-35-24(6)22(4)30-17-25(14-15-31(30)35)19-34-23(5)28-12-9-11-27(18-28)21(2)3/h8-18,21,23,32,34H,7,19-20H2,1-6H3,(H,36,37). The highest BCUT2D eigenvalue weighted by Gasteiger charge is 2.17. The first-order valence-electron chi connectivity index (χ1n) is 13.6. The quantitative estimate of drug-likeness (QED) is 0.218. The number of nitrogens with one attached hydrogen (secondary N) is 1. The lowest BCUT2D eigenvalue weighted by Crippen LogP contribution is -2.25. The number of carboxylic acids is 1. The molecule has 0 aliphatic rings. The highest BCUT2D eigenvalue weighted by Crippen LogP contribution is 2.28. The number of nitrogens with zero attached hydrogens (tertiary/aromatic N) is 1. The fraction of sp³-hybridized carbons (Fsp3) is 0.364. The summed E-state index contributed by atoms with van der Waals surface area (Å²) in [7, 11) is 0. The Bertz CT molecular complexity index is 1420. The van der Waals surface area contributed by atoms with Gasteiger partial charge in [-0.05, 0) is 85.2 Å². The van der Waals surface area contributed by atoms with Crippen LogP contribution in [-0.2, 0) is 17.9 Å². The number of fused-ring (bicyclic) bond motifs is 1. The van der Waals surface area contributed by atoms with Crippen LogP contribution < -0.4 is 10.1 Å². The second kappa shape index (κ2) is 11.9. The molecule has 1 heterocycles. The molecular weight excluding hydrogens is 472 g/mol. The molecule has 2 unspecified atom stereocenters. The minimum absolute atomic E-state index is 0.264. The Kier molecular flexibility index (Phi) is 8.58. The van der Waals surface area contributed by atoms with Gasteiger partial charge in [0.1, 0.15) is 5.75 Å². The highest BCUT2D eigenvalue weighted by molar-refractivity contribution is 5.86. The van der Waals surface area contributed by atoms with Crippen LogP contribution in [0.25, 0.3) is 10.9 Å². The second-order valence-corrected chi connectivity index (χ2v) is 10.6. The summed E-state index contributed by atoms with van der Waals surface area (Å²) in [4.78, 5) is 11.4. The molecule has 4 rings (SSSR count). The van der Waals surface area contributed by atoms with E-state index in [0.29, 0.717) is 24.6 Å². The molecule has 1 aromatic heterocycles. The van der Waals surface area contributed by atoms with Gasteiger partial charge in [0.2, 0.25) is 0 Å². The van der Waals surface area contributed by atoms with Crippen LogP contribution in [0.2, 0.25) is 0 Å². The van der Waals surface area contributed by atoms with Gasteiger partial charge < -0.3 is 19.7 Å². The van der Waals surface area contributed by atoms with Crippen LogP contribution in [0.3, 0.4) is 0 Å². The van der Waals surface area contributed by atoms with E-state index < -0.39 is 12.1 Å². The van der Waals surface area contributed by atoms with Crippen molar-refractivity contribution >= 4 is 16.9 Å². The molecule has 38 heavy (non-hydrogen) atoms. The summed E-state index contributed by atoms with van der Waals surface area (Å²) in [5, 5.41) is 14.3. The Morgan fingerprint density at radius 3 is 2.39 bits per heavy atom. The molecule has 0 amide bonds. The number of aliphatic carboxylic acids is 1. The van der Waals surface area contributed by atoms with Gasteiger partial charge in [0.05, 0.1) is 0 Å². The molecule has 2 N–H and O–H groups in total. The minimum atomic E-state index is -0.940. The van der Waals surface area contributed by atoms with Crippen LogP contribution >= 0.6 is 0 Å². The monoisotopic (exact) mass is 512 g/mol. The summed E-state index contributed by atoms with van der Waals surface area (Å²) in [5.74, 6) is 0.168. The van der Waals surface area contributed by atoms with Gasteiger partial charge in [0.25, 0.3) is 0 Å². The van der Waals surface area contributed by atoms with Crippen LogP contribution in [0.15, 0.2) is 66.7 Å². The van der Waals surface area contributed by atoms with E-state index in [4.69, 9.17) is 4.74 Å². The summed E-state index contributed by atoms with van der Waals surface area (Å²) in [6.07, 6.45) is -0.420. The summed E-state index contributed by atoms with van der Waals surface area (Å²) in [6, 6.07) is 23.6. The average Bonchev–Trinajstić information content (AvgIpc) is 3.14. The molecule has 0 spiro atoms. The van der Waals surface area contributed by atoms with E-state index >= 15 is 0 Å². The van der Waals surface area contributed by atoms with Crippen molar-refractivity contribution in [3.63, 3.8) is 0 Å². The van der Waals surface area contributed by atoms with E-state index in [9.17, 15) is 9.90 Å². The summed E-state index contributed by atoms with van der Waals surface area (Å²) < 4.78 is 8.05. The predicted octanol–water partition coefficient (Wildman–Crippen LogP) is 7.52. The van der Waals surface area contributed by atoms with E-state index in [1.165, 1.54) is 38.9 Å². The zero-order valence-corrected chi connectivity index (χ0v) is 23.4. The molecule has 4 aromatic rings. The smallest absolute Gasteiger partial charge is 0.344 e. The summed E-state index contributed by atoms with van der Waals surface area (Å²) in [5.41, 5.74) is 8.73. The molecule has 0 bridgehead atoms. The molecule has 5 nitrogen and oxygen atoms in total. The fourth-order valence-electron chi connectivity index (χ4n) is 4.96. The number of ether oxygens (including phenoxy) is 1. The maximum atomic E-state index is 11.4. The molecule has 0 radical (unpaired) electrons. The first-order chi connectivity index (χ1) is 18.2. The highest BCUT2D eigenvalue weighted by atomic mass is 16.5. The van der Waals surface area contributed by atoms with Crippen LogP contribution in [-0.4, -0.2) is 21.7 Å². The number of aromatic nitrogens is 1. The average molecular weight is 513 g/mol. The topological polar surface area (TPSA) is 63.5 Å². The van der Waals surface area contributed by atoms with Crippen LogP contribution in [0, 0.1) is 13.8 Å². The number of aryl methyl sites for hydroxylation is 1. The maximum Gasteiger partial charge on any atom is 0.344 e. The fourth-order valence-corrected chi connectivity index (χ4v) is 4.96. The second-order valence-electron chi connectivity index (χ2n) is 10.6. The molecular formula is C33H40N2O3. The molecule has 0 aliphatic carbocycles.